The van der Waals surface area contributed by atoms with Crippen LogP contribution in [0, 0.1) is 6.92 Å². The number of piperidine rings is 1. The number of fused-ring (bicyclic) bond motifs is 1. The summed E-state index contributed by atoms with van der Waals surface area (Å²) in [6, 6.07) is 8.91. The molecular weight excluding hydrogens is 411 g/mol. The molecule has 1 aliphatic heterocycles. The average Bonchev–Trinajstić information content (AvgIpc) is 2.73. The molecule has 1 aromatic heterocycles. The third-order valence-corrected chi connectivity index (χ3v) is 5.58. The van der Waals surface area contributed by atoms with Crippen molar-refractivity contribution in [1.82, 2.24) is 0 Å². The molecule has 8 heteroatoms. The number of hydrogen-bond acceptors (Lipinski definition) is 4. The zero-order chi connectivity index (χ0) is 22.2. The third kappa shape index (κ3) is 4.39. The van der Waals surface area contributed by atoms with Crippen LogP contribution in [0.2, 0.25) is 0 Å². The van der Waals surface area contributed by atoms with Gasteiger partial charge in [0, 0.05) is 0 Å². The third-order valence-electron chi connectivity index (χ3n) is 5.58. The molecule has 0 saturated carbocycles. The zero-order valence-corrected chi connectivity index (χ0v) is 17.0. The summed E-state index contributed by atoms with van der Waals surface area (Å²) >= 11 is 0. The van der Waals surface area contributed by atoms with E-state index in [1.54, 1.807) is 12.1 Å². The Morgan fingerprint density at radius 2 is 1.74 bits per heavy atom. The predicted octanol–water partition coefficient (Wildman–Crippen LogP) is 4.19. The summed E-state index contributed by atoms with van der Waals surface area (Å²) in [7, 11) is 0. The number of aromatic hydroxyl groups is 1. The SMILES string of the molecule is Cc1ccc(Oc2c(C(F)(F)F)oc3c(C[NH+]4CCCCC4)c(O)ccc3c2=O)cc1. The van der Waals surface area contributed by atoms with Gasteiger partial charge in [-0.15, -0.1) is 0 Å². The number of halogens is 3. The second kappa shape index (κ2) is 8.26. The maximum Gasteiger partial charge on any atom is 0.453 e. The molecule has 1 saturated heterocycles. The predicted molar refractivity (Wildman–Crippen MR) is 109 cm³/mol. The minimum absolute atomic E-state index is 0.0562. The Labute approximate surface area is 176 Å². The Hall–Kier alpha value is -3.00. The van der Waals surface area contributed by atoms with Gasteiger partial charge in [-0.3, -0.25) is 4.79 Å². The average molecular weight is 434 g/mol. The maximum absolute atomic E-state index is 13.8. The van der Waals surface area contributed by atoms with Crippen molar-refractivity contribution in [3.05, 3.63) is 63.5 Å². The van der Waals surface area contributed by atoms with Crippen LogP contribution in [-0.2, 0) is 12.7 Å². The number of phenols is 1. The highest BCUT2D eigenvalue weighted by atomic mass is 19.4. The summed E-state index contributed by atoms with van der Waals surface area (Å²) in [6.07, 6.45) is -1.83. The van der Waals surface area contributed by atoms with E-state index in [2.05, 4.69) is 0 Å². The molecule has 2 heterocycles. The first-order valence-corrected chi connectivity index (χ1v) is 10.2. The van der Waals surface area contributed by atoms with Gasteiger partial charge in [-0.1, -0.05) is 17.7 Å². The van der Waals surface area contributed by atoms with Crippen LogP contribution in [0.4, 0.5) is 13.2 Å². The van der Waals surface area contributed by atoms with E-state index >= 15 is 0 Å². The first kappa shape index (κ1) is 21.2. The molecule has 0 aliphatic carbocycles. The fourth-order valence-corrected chi connectivity index (χ4v) is 3.94. The van der Waals surface area contributed by atoms with E-state index in [1.165, 1.54) is 24.3 Å². The molecule has 5 nitrogen and oxygen atoms in total. The van der Waals surface area contributed by atoms with E-state index in [0.717, 1.165) is 42.8 Å². The van der Waals surface area contributed by atoms with Crippen molar-refractivity contribution in [2.24, 2.45) is 0 Å². The number of aryl methyl sites for hydroxylation is 1. The van der Waals surface area contributed by atoms with Crippen molar-refractivity contribution in [2.75, 3.05) is 13.1 Å². The molecular formula is C23H23F3NO4+. The molecule has 0 bridgehead atoms. The van der Waals surface area contributed by atoms with Crippen LogP contribution in [0.3, 0.4) is 0 Å². The summed E-state index contributed by atoms with van der Waals surface area (Å²) in [4.78, 5) is 14.2. The van der Waals surface area contributed by atoms with Crippen molar-refractivity contribution in [2.45, 2.75) is 38.9 Å². The van der Waals surface area contributed by atoms with Gasteiger partial charge in [-0.05, 0) is 50.5 Å². The van der Waals surface area contributed by atoms with Crippen molar-refractivity contribution in [3.8, 4) is 17.2 Å². The Morgan fingerprint density at radius 1 is 1.06 bits per heavy atom. The highest BCUT2D eigenvalue weighted by Crippen LogP contribution is 2.39. The molecule has 0 radical (unpaired) electrons. The molecule has 3 aromatic rings. The highest BCUT2D eigenvalue weighted by Gasteiger charge is 2.41. The molecule has 31 heavy (non-hydrogen) atoms. The number of ether oxygens (including phenoxy) is 1. The van der Waals surface area contributed by atoms with Crippen molar-refractivity contribution in [3.63, 3.8) is 0 Å². The molecule has 2 N–H and O–H groups in total. The van der Waals surface area contributed by atoms with Gasteiger partial charge in [0.25, 0.3) is 5.76 Å². The quantitative estimate of drug-likeness (QED) is 0.647. The van der Waals surface area contributed by atoms with E-state index in [0.29, 0.717) is 0 Å². The van der Waals surface area contributed by atoms with Crippen LogP contribution in [0.1, 0.15) is 36.1 Å². The number of phenolic OH excluding ortho intramolecular Hbond substituents is 1. The van der Waals surface area contributed by atoms with Crippen LogP contribution < -0.4 is 15.1 Å². The summed E-state index contributed by atoms with van der Waals surface area (Å²) in [6.45, 7) is 3.80. The van der Waals surface area contributed by atoms with Gasteiger partial charge in [-0.2, -0.15) is 13.2 Å². The minimum Gasteiger partial charge on any atom is -0.507 e. The van der Waals surface area contributed by atoms with Crippen molar-refractivity contribution in [1.29, 1.82) is 0 Å². The van der Waals surface area contributed by atoms with E-state index < -0.39 is 23.1 Å². The van der Waals surface area contributed by atoms with Crippen LogP contribution in [0.25, 0.3) is 11.0 Å². The normalized spacial score (nSPS) is 15.4. The molecule has 0 atom stereocenters. The van der Waals surface area contributed by atoms with Gasteiger partial charge >= 0.3 is 6.18 Å². The van der Waals surface area contributed by atoms with E-state index in [-0.39, 0.29) is 34.6 Å². The Bertz CT molecular complexity index is 1150. The molecule has 1 fully saturated rings. The lowest BCUT2D eigenvalue weighted by Crippen LogP contribution is -3.11. The van der Waals surface area contributed by atoms with E-state index in [9.17, 15) is 23.1 Å². The number of rotatable bonds is 4. The Morgan fingerprint density at radius 3 is 2.39 bits per heavy atom. The van der Waals surface area contributed by atoms with Crippen LogP contribution in [0.15, 0.2) is 45.6 Å². The van der Waals surface area contributed by atoms with E-state index in [1.807, 2.05) is 6.92 Å². The molecule has 4 rings (SSSR count). The van der Waals surface area contributed by atoms with E-state index in [4.69, 9.17) is 9.15 Å². The van der Waals surface area contributed by atoms with Crippen LogP contribution >= 0.6 is 0 Å². The standard InChI is InChI=1S/C23H22F3NO4/c1-14-5-7-15(8-6-14)30-21-19(29)16-9-10-18(28)17(13-27-11-3-2-4-12-27)20(16)31-22(21)23(24,25)26/h5-10,28H,2-4,11-13H2,1H3/p+1. The second-order valence-corrected chi connectivity index (χ2v) is 7.93. The first-order valence-electron chi connectivity index (χ1n) is 10.2. The molecule has 2 aromatic carbocycles. The maximum atomic E-state index is 13.8. The lowest BCUT2D eigenvalue weighted by atomic mass is 10.1. The van der Waals surface area contributed by atoms with Gasteiger partial charge in [0.1, 0.15) is 18.0 Å². The summed E-state index contributed by atoms with van der Waals surface area (Å²) in [5.41, 5.74) is -0.0659. The lowest BCUT2D eigenvalue weighted by molar-refractivity contribution is -0.918. The summed E-state index contributed by atoms with van der Waals surface area (Å²) in [5.74, 6) is -2.51. The number of benzene rings is 2. The minimum atomic E-state index is -4.95. The molecule has 0 unspecified atom stereocenters. The van der Waals surface area contributed by atoms with Crippen LogP contribution in [0.5, 0.6) is 17.2 Å². The molecule has 0 amide bonds. The van der Waals surface area contributed by atoms with Gasteiger partial charge in [-0.25, -0.2) is 0 Å². The second-order valence-electron chi connectivity index (χ2n) is 7.93. The number of alkyl halides is 3. The van der Waals surface area contributed by atoms with Crippen molar-refractivity contribution >= 4 is 11.0 Å². The summed E-state index contributed by atoms with van der Waals surface area (Å²) < 4.78 is 52.1. The number of likely N-dealkylation sites (tertiary alicyclic amines) is 1. The number of nitrogens with one attached hydrogen (secondary N) is 1. The smallest absolute Gasteiger partial charge is 0.453 e. The van der Waals surface area contributed by atoms with Gasteiger partial charge in [0.05, 0.1) is 24.0 Å². The monoisotopic (exact) mass is 434 g/mol. The molecule has 1 aliphatic rings. The largest absolute Gasteiger partial charge is 0.507 e. The fourth-order valence-electron chi connectivity index (χ4n) is 3.94. The van der Waals surface area contributed by atoms with Gasteiger partial charge in [0.15, 0.2) is 5.58 Å². The number of quaternary nitrogens is 1. The summed E-state index contributed by atoms with van der Waals surface area (Å²) in [5, 5.41) is 10.3. The topological polar surface area (TPSA) is 64.1 Å². The van der Waals surface area contributed by atoms with Gasteiger partial charge in [0.2, 0.25) is 11.2 Å². The Balaban J connectivity index is 1.87. The molecule has 164 valence electrons. The van der Waals surface area contributed by atoms with Gasteiger partial charge < -0.3 is 19.2 Å². The highest BCUT2D eigenvalue weighted by molar-refractivity contribution is 5.83. The number of hydrogen-bond donors (Lipinski definition) is 2. The zero-order valence-electron chi connectivity index (χ0n) is 17.0. The lowest BCUT2D eigenvalue weighted by Gasteiger charge is -2.24. The van der Waals surface area contributed by atoms with Crippen molar-refractivity contribution < 1.29 is 32.3 Å². The Kier molecular flexibility index (Phi) is 5.66. The first-order chi connectivity index (χ1) is 14.7. The molecule has 0 spiro atoms. The fraction of sp³-hybridized carbons (Fsp3) is 0.348. The van der Waals surface area contributed by atoms with Crippen LogP contribution in [-0.4, -0.2) is 18.2 Å².